The van der Waals surface area contributed by atoms with Crippen molar-refractivity contribution >= 4 is 0 Å². The third kappa shape index (κ3) is 98.0. The molecular formula is C10H28. The maximum absolute atomic E-state index is 2.21. The summed E-state index contributed by atoms with van der Waals surface area (Å²) >= 11 is 0. The van der Waals surface area contributed by atoms with E-state index in [2.05, 4.69) is 13.8 Å². The Hall–Kier alpha value is 0. The lowest BCUT2D eigenvalue weighted by molar-refractivity contribution is 0.772. The normalized spacial score (nSPS) is 5.40. The first kappa shape index (κ1) is 22.5. The second-order valence-electron chi connectivity index (χ2n) is 1.35. The van der Waals surface area contributed by atoms with Gasteiger partial charge in [0.1, 0.15) is 0 Å². The van der Waals surface area contributed by atoms with Crippen LogP contribution in [0.1, 0.15) is 68.2 Å². The Balaban J connectivity index is -0.0000000315. The summed E-state index contributed by atoms with van der Waals surface area (Å²) in [6.45, 7) is 12.4. The van der Waals surface area contributed by atoms with Gasteiger partial charge in [0.2, 0.25) is 0 Å². The van der Waals surface area contributed by atoms with Crippen LogP contribution < -0.4 is 0 Å². The minimum absolute atomic E-state index is 0. The molecule has 0 aliphatic carbocycles. The molecule has 0 aromatic rings. The van der Waals surface area contributed by atoms with E-state index in [1.54, 1.807) is 0 Å². The Morgan fingerprint density at radius 2 is 0.900 bits per heavy atom. The third-order valence-electron chi connectivity index (χ3n) is 0.707. The van der Waals surface area contributed by atoms with E-state index in [1.165, 1.54) is 19.3 Å². The Kier molecular flexibility index (Phi) is 144. The fraction of sp³-hybridized carbons (Fsp3) is 1.00. The molecule has 0 heterocycles. The molecule has 0 atom stereocenters. The van der Waals surface area contributed by atoms with Crippen molar-refractivity contribution in [3.8, 4) is 0 Å². The van der Waals surface area contributed by atoms with Crippen molar-refractivity contribution in [2.24, 2.45) is 0 Å². The first-order valence-electron chi connectivity index (χ1n) is 4.41. The number of hydrogen-bond donors (Lipinski definition) is 0. The van der Waals surface area contributed by atoms with Gasteiger partial charge in [-0.1, -0.05) is 68.2 Å². The minimum atomic E-state index is 0. The van der Waals surface area contributed by atoms with Crippen molar-refractivity contribution in [2.75, 3.05) is 0 Å². The summed E-state index contributed by atoms with van der Waals surface area (Å²) in [5, 5.41) is 0. The summed E-state index contributed by atoms with van der Waals surface area (Å²) in [5.74, 6) is 0. The summed E-state index contributed by atoms with van der Waals surface area (Å²) in [7, 11) is 0. The zero-order chi connectivity index (χ0) is 8.12. The van der Waals surface area contributed by atoms with E-state index in [4.69, 9.17) is 0 Å². The molecule has 0 aliphatic heterocycles. The summed E-state index contributed by atoms with van der Waals surface area (Å²) in [6.07, 6.45) is 4.08. The molecule has 10 heavy (non-hydrogen) atoms. The highest BCUT2D eigenvalue weighted by Crippen LogP contribution is 1.88. The standard InChI is InChI=1S/C5H12.2C2H6.CH4/c1-3-5-4-2;2*1-2;/h3-5H2,1-2H3;2*1-2H3;1H4. The molecule has 0 aliphatic rings. The van der Waals surface area contributed by atoms with Crippen LogP contribution in [0.4, 0.5) is 0 Å². The van der Waals surface area contributed by atoms with Crippen LogP contribution in [0.3, 0.4) is 0 Å². The molecule has 0 nitrogen and oxygen atoms in total. The quantitative estimate of drug-likeness (QED) is 0.523. The molecule has 0 heteroatoms. The average molecular weight is 148 g/mol. The van der Waals surface area contributed by atoms with Crippen LogP contribution in [-0.2, 0) is 0 Å². The van der Waals surface area contributed by atoms with Crippen LogP contribution in [0.2, 0.25) is 0 Å². The average Bonchev–Trinajstić information content (AvgIpc) is 1.98. The maximum atomic E-state index is 2.21. The molecule has 0 N–H and O–H groups in total. The van der Waals surface area contributed by atoms with Crippen LogP contribution in [0.25, 0.3) is 0 Å². The van der Waals surface area contributed by atoms with Crippen molar-refractivity contribution in [3.05, 3.63) is 0 Å². The maximum Gasteiger partial charge on any atom is -0.0538 e. The molecule has 0 bridgehead atoms. The van der Waals surface area contributed by atoms with Crippen LogP contribution in [0.15, 0.2) is 0 Å². The van der Waals surface area contributed by atoms with E-state index >= 15 is 0 Å². The van der Waals surface area contributed by atoms with E-state index in [-0.39, 0.29) is 7.43 Å². The molecule has 0 rings (SSSR count). The Morgan fingerprint density at radius 1 is 0.700 bits per heavy atom. The Morgan fingerprint density at radius 3 is 0.900 bits per heavy atom. The van der Waals surface area contributed by atoms with Gasteiger partial charge in [-0.15, -0.1) is 0 Å². The van der Waals surface area contributed by atoms with Gasteiger partial charge in [0, 0.05) is 0 Å². The van der Waals surface area contributed by atoms with Gasteiger partial charge in [0.05, 0.1) is 0 Å². The molecule has 0 fully saturated rings. The summed E-state index contributed by atoms with van der Waals surface area (Å²) in [6, 6.07) is 0. The van der Waals surface area contributed by atoms with Gasteiger partial charge in [-0.05, 0) is 0 Å². The highest BCUT2D eigenvalue weighted by atomic mass is 13.7. The zero-order valence-corrected chi connectivity index (χ0v) is 8.12. The fourth-order valence-electron chi connectivity index (χ4n) is 0.354. The summed E-state index contributed by atoms with van der Waals surface area (Å²) in [4.78, 5) is 0. The van der Waals surface area contributed by atoms with Crippen LogP contribution in [0, 0.1) is 0 Å². The van der Waals surface area contributed by atoms with Gasteiger partial charge >= 0.3 is 0 Å². The first-order valence-corrected chi connectivity index (χ1v) is 4.41. The van der Waals surface area contributed by atoms with Gasteiger partial charge in [-0.3, -0.25) is 0 Å². The predicted octanol–water partition coefficient (Wildman–Crippen LogP) is 4.89. The lowest BCUT2D eigenvalue weighted by Gasteiger charge is -1.79. The molecule has 68 valence electrons. The smallest absolute Gasteiger partial charge is 0.0538 e. The molecule has 0 aromatic carbocycles. The number of hydrogen-bond acceptors (Lipinski definition) is 0. The van der Waals surface area contributed by atoms with E-state index in [0.717, 1.165) is 0 Å². The molecule has 0 saturated heterocycles. The SMILES string of the molecule is C.CC.CC.CCCCC. The molecule has 0 amide bonds. The van der Waals surface area contributed by atoms with Crippen LogP contribution in [-0.4, -0.2) is 0 Å². The van der Waals surface area contributed by atoms with Crippen molar-refractivity contribution in [1.82, 2.24) is 0 Å². The van der Waals surface area contributed by atoms with E-state index in [1.807, 2.05) is 27.7 Å². The van der Waals surface area contributed by atoms with E-state index in [0.29, 0.717) is 0 Å². The topological polar surface area (TPSA) is 0 Å². The highest BCUT2D eigenvalue weighted by Gasteiger charge is 1.68. The van der Waals surface area contributed by atoms with E-state index in [9.17, 15) is 0 Å². The third-order valence-corrected chi connectivity index (χ3v) is 0.707. The van der Waals surface area contributed by atoms with Crippen molar-refractivity contribution in [3.63, 3.8) is 0 Å². The largest absolute Gasteiger partial charge is 0.0776 e. The number of rotatable bonds is 2. The molecule has 0 radical (unpaired) electrons. The highest BCUT2D eigenvalue weighted by molar-refractivity contribution is 4.24. The van der Waals surface area contributed by atoms with Crippen molar-refractivity contribution < 1.29 is 0 Å². The van der Waals surface area contributed by atoms with Crippen molar-refractivity contribution in [1.29, 1.82) is 0 Å². The Bertz CT molecular complexity index is 7.51. The fourth-order valence-corrected chi connectivity index (χ4v) is 0.354. The molecular weight excluding hydrogens is 120 g/mol. The lowest BCUT2D eigenvalue weighted by Crippen LogP contribution is -1.59. The van der Waals surface area contributed by atoms with Gasteiger partial charge < -0.3 is 0 Å². The monoisotopic (exact) mass is 148 g/mol. The van der Waals surface area contributed by atoms with Crippen LogP contribution in [0.5, 0.6) is 0 Å². The van der Waals surface area contributed by atoms with Gasteiger partial charge in [0.15, 0.2) is 0 Å². The molecule has 0 spiro atoms. The summed E-state index contributed by atoms with van der Waals surface area (Å²) in [5.41, 5.74) is 0. The molecule has 0 aromatic heterocycles. The van der Waals surface area contributed by atoms with Gasteiger partial charge in [0.25, 0.3) is 0 Å². The van der Waals surface area contributed by atoms with Crippen molar-refractivity contribution in [2.45, 2.75) is 68.2 Å². The Labute approximate surface area is 69.0 Å². The van der Waals surface area contributed by atoms with Gasteiger partial charge in [-0.25, -0.2) is 0 Å². The second-order valence-corrected chi connectivity index (χ2v) is 1.35. The second kappa shape index (κ2) is 64.0. The number of unbranched alkanes of at least 4 members (excludes halogenated alkanes) is 2. The first-order chi connectivity index (χ1) is 4.41. The minimum Gasteiger partial charge on any atom is -0.0776 e. The lowest BCUT2D eigenvalue weighted by atomic mass is 10.3. The van der Waals surface area contributed by atoms with Gasteiger partial charge in [-0.2, -0.15) is 0 Å². The van der Waals surface area contributed by atoms with E-state index < -0.39 is 0 Å². The van der Waals surface area contributed by atoms with Crippen LogP contribution >= 0.6 is 0 Å². The predicted molar refractivity (Wildman–Crippen MR) is 54.6 cm³/mol. The molecule has 0 saturated carbocycles. The zero-order valence-electron chi connectivity index (χ0n) is 8.12. The summed E-state index contributed by atoms with van der Waals surface area (Å²) < 4.78 is 0. The molecule has 0 unspecified atom stereocenters.